The number of halogens is 2. The van der Waals surface area contributed by atoms with Crippen molar-refractivity contribution >= 4 is 46.3 Å². The second-order valence-electron chi connectivity index (χ2n) is 8.48. The van der Waals surface area contributed by atoms with Gasteiger partial charge in [0.05, 0.1) is 22.3 Å². The Hall–Kier alpha value is -2.62. The highest BCUT2D eigenvalue weighted by atomic mass is 35.5. The van der Waals surface area contributed by atoms with Crippen molar-refractivity contribution < 1.29 is 14.6 Å². The summed E-state index contributed by atoms with van der Waals surface area (Å²) in [4.78, 5) is 25.3. The lowest BCUT2D eigenvalue weighted by molar-refractivity contribution is 0.0240. The van der Waals surface area contributed by atoms with Crippen LogP contribution in [0.3, 0.4) is 0 Å². The summed E-state index contributed by atoms with van der Waals surface area (Å²) in [6.07, 6.45) is -0.337. The molecule has 2 aromatic heterocycles. The van der Waals surface area contributed by atoms with Crippen LogP contribution in [0.15, 0.2) is 18.2 Å². The number of hydrogen-bond acceptors (Lipinski definition) is 7. The first-order chi connectivity index (χ1) is 15.2. The number of carbonyl (C=O) groups excluding carboxylic acids is 1. The minimum absolute atomic E-state index is 0.293. The maximum atomic E-state index is 12.3. The molecule has 0 spiro atoms. The van der Waals surface area contributed by atoms with Gasteiger partial charge in [0.2, 0.25) is 5.65 Å². The molecule has 32 heavy (non-hydrogen) atoms. The molecule has 1 aliphatic rings. The highest BCUT2D eigenvalue weighted by molar-refractivity contribution is 6.43. The Balaban J connectivity index is 1.60. The fourth-order valence-electron chi connectivity index (χ4n) is 3.53. The lowest BCUT2D eigenvalue weighted by atomic mass is 10.1. The number of hydrogen-bond donors (Lipinski definition) is 2. The van der Waals surface area contributed by atoms with Crippen molar-refractivity contribution in [3.63, 3.8) is 0 Å². The van der Waals surface area contributed by atoms with E-state index in [9.17, 15) is 9.90 Å². The molecule has 1 aliphatic heterocycles. The smallest absolute Gasteiger partial charge is 0.410 e. The highest BCUT2D eigenvalue weighted by Crippen LogP contribution is 2.35. The fraction of sp³-hybridized carbons (Fsp3) is 0.429. The van der Waals surface area contributed by atoms with Gasteiger partial charge in [0.15, 0.2) is 5.82 Å². The number of benzene rings is 1. The Morgan fingerprint density at radius 2 is 1.91 bits per heavy atom. The Bertz CT molecular complexity index is 1150. The number of fused-ring (bicyclic) bond motifs is 1. The van der Waals surface area contributed by atoms with Gasteiger partial charge in [-0.3, -0.25) is 5.10 Å². The Labute approximate surface area is 195 Å². The van der Waals surface area contributed by atoms with E-state index in [1.807, 2.05) is 31.7 Å². The van der Waals surface area contributed by atoms with E-state index >= 15 is 0 Å². The molecule has 0 radical (unpaired) electrons. The van der Waals surface area contributed by atoms with E-state index in [-0.39, 0.29) is 12.7 Å². The number of nitrogens with one attached hydrogen (secondary N) is 1. The van der Waals surface area contributed by atoms with Gasteiger partial charge in [0.25, 0.3) is 0 Å². The SMILES string of the molecule is CC(C)(C)OC(=O)N1CCN(c2nc3n[nH]c(-c4cccc(Cl)c4Cl)c3nc2CO)CC1. The molecular formula is C21H24Cl2N6O3. The second kappa shape index (κ2) is 8.73. The number of aliphatic hydroxyl groups excluding tert-OH is 1. The van der Waals surface area contributed by atoms with Crippen molar-refractivity contribution in [3.8, 4) is 11.3 Å². The van der Waals surface area contributed by atoms with Crippen molar-refractivity contribution in [2.45, 2.75) is 33.0 Å². The van der Waals surface area contributed by atoms with Gasteiger partial charge in [-0.15, -0.1) is 0 Å². The quantitative estimate of drug-likeness (QED) is 0.587. The predicted octanol–water partition coefficient (Wildman–Crippen LogP) is 3.88. The monoisotopic (exact) mass is 478 g/mol. The number of carbonyl (C=O) groups is 1. The molecule has 4 rings (SSSR count). The predicted molar refractivity (Wildman–Crippen MR) is 123 cm³/mol. The molecule has 9 nitrogen and oxygen atoms in total. The van der Waals surface area contributed by atoms with Crippen molar-refractivity contribution in [2.75, 3.05) is 31.1 Å². The maximum absolute atomic E-state index is 12.3. The zero-order valence-corrected chi connectivity index (χ0v) is 19.5. The van der Waals surface area contributed by atoms with Gasteiger partial charge < -0.3 is 19.6 Å². The minimum atomic E-state index is -0.543. The number of aliphatic hydroxyl groups is 1. The number of ether oxygens (including phenoxy) is 1. The number of aromatic amines is 1. The van der Waals surface area contributed by atoms with Gasteiger partial charge in [-0.2, -0.15) is 5.10 Å². The lowest BCUT2D eigenvalue weighted by Crippen LogP contribution is -2.50. The van der Waals surface area contributed by atoms with E-state index in [1.54, 1.807) is 17.0 Å². The van der Waals surface area contributed by atoms with Crippen LogP contribution in [0.25, 0.3) is 22.4 Å². The minimum Gasteiger partial charge on any atom is -0.444 e. The molecule has 0 saturated carbocycles. The summed E-state index contributed by atoms with van der Waals surface area (Å²) in [6.45, 7) is 7.25. The molecule has 1 saturated heterocycles. The lowest BCUT2D eigenvalue weighted by Gasteiger charge is -2.36. The van der Waals surface area contributed by atoms with Gasteiger partial charge >= 0.3 is 6.09 Å². The molecule has 3 aromatic rings. The standard InChI is InChI=1S/C21H24Cl2N6O3/c1-21(2,3)32-20(31)29-9-7-28(8-10-29)19-14(11-30)24-17-16(26-27-18(17)25-19)12-5-4-6-13(22)15(12)23/h4-6,30H,7-11H2,1-3H3,(H,25,26,27). The molecule has 1 amide bonds. The van der Waals surface area contributed by atoms with Crippen LogP contribution < -0.4 is 4.90 Å². The van der Waals surface area contributed by atoms with Crippen LogP contribution >= 0.6 is 23.2 Å². The molecule has 170 valence electrons. The fourth-order valence-corrected chi connectivity index (χ4v) is 3.93. The Morgan fingerprint density at radius 1 is 1.19 bits per heavy atom. The van der Waals surface area contributed by atoms with E-state index in [4.69, 9.17) is 27.9 Å². The first-order valence-electron chi connectivity index (χ1n) is 10.2. The molecule has 1 fully saturated rings. The topological polar surface area (TPSA) is 107 Å². The average Bonchev–Trinajstić information content (AvgIpc) is 3.16. The molecular weight excluding hydrogens is 455 g/mol. The first kappa shape index (κ1) is 22.6. The summed E-state index contributed by atoms with van der Waals surface area (Å²) in [5, 5.41) is 18.0. The van der Waals surface area contributed by atoms with E-state index < -0.39 is 5.60 Å². The highest BCUT2D eigenvalue weighted by Gasteiger charge is 2.28. The molecule has 0 aliphatic carbocycles. The molecule has 0 unspecified atom stereocenters. The number of nitrogens with zero attached hydrogens (tertiary/aromatic N) is 5. The normalized spacial score (nSPS) is 14.8. The van der Waals surface area contributed by atoms with E-state index in [2.05, 4.69) is 20.2 Å². The number of H-pyrrole nitrogens is 1. The third kappa shape index (κ3) is 4.46. The van der Waals surface area contributed by atoms with Crippen molar-refractivity contribution in [2.24, 2.45) is 0 Å². The van der Waals surface area contributed by atoms with Crippen LogP contribution in [-0.4, -0.2) is 68.0 Å². The largest absolute Gasteiger partial charge is 0.444 e. The zero-order valence-electron chi connectivity index (χ0n) is 18.0. The summed E-state index contributed by atoms with van der Waals surface area (Å²) >= 11 is 12.5. The van der Waals surface area contributed by atoms with Crippen molar-refractivity contribution in [1.82, 2.24) is 25.1 Å². The first-order valence-corrected chi connectivity index (χ1v) is 11.0. The third-order valence-corrected chi connectivity index (χ3v) is 5.86. The van der Waals surface area contributed by atoms with Crippen LogP contribution in [0, 0.1) is 0 Å². The average molecular weight is 479 g/mol. The number of anilines is 1. The van der Waals surface area contributed by atoms with Crippen LogP contribution in [0.4, 0.5) is 10.6 Å². The second-order valence-corrected chi connectivity index (χ2v) is 9.26. The van der Waals surface area contributed by atoms with Crippen molar-refractivity contribution in [1.29, 1.82) is 0 Å². The number of amides is 1. The Kier molecular flexibility index (Phi) is 6.15. The summed E-state index contributed by atoms with van der Waals surface area (Å²) < 4.78 is 5.45. The van der Waals surface area contributed by atoms with E-state index in [0.29, 0.717) is 70.2 Å². The summed E-state index contributed by atoms with van der Waals surface area (Å²) in [5.74, 6) is 0.541. The van der Waals surface area contributed by atoms with Gasteiger partial charge in [-0.25, -0.2) is 14.8 Å². The van der Waals surface area contributed by atoms with Gasteiger partial charge in [0, 0.05) is 31.7 Å². The third-order valence-electron chi connectivity index (χ3n) is 5.04. The zero-order chi connectivity index (χ0) is 23.0. The van der Waals surface area contributed by atoms with Crippen LogP contribution in [-0.2, 0) is 11.3 Å². The molecule has 0 bridgehead atoms. The van der Waals surface area contributed by atoms with Crippen molar-refractivity contribution in [3.05, 3.63) is 33.9 Å². The molecule has 0 atom stereocenters. The van der Waals surface area contributed by atoms with Gasteiger partial charge in [-0.05, 0) is 26.8 Å². The molecule has 11 heteroatoms. The molecule has 2 N–H and O–H groups in total. The van der Waals surface area contributed by atoms with E-state index in [0.717, 1.165) is 0 Å². The van der Waals surface area contributed by atoms with Crippen LogP contribution in [0.5, 0.6) is 0 Å². The number of rotatable bonds is 3. The van der Waals surface area contributed by atoms with Gasteiger partial charge in [-0.1, -0.05) is 35.3 Å². The van der Waals surface area contributed by atoms with Crippen LogP contribution in [0.2, 0.25) is 10.0 Å². The van der Waals surface area contributed by atoms with E-state index in [1.165, 1.54) is 0 Å². The molecule has 3 heterocycles. The maximum Gasteiger partial charge on any atom is 0.410 e. The number of piperazine rings is 1. The summed E-state index contributed by atoms with van der Waals surface area (Å²) in [5.41, 5.74) is 2.00. The van der Waals surface area contributed by atoms with Crippen LogP contribution in [0.1, 0.15) is 26.5 Å². The number of aromatic nitrogens is 4. The van der Waals surface area contributed by atoms with Gasteiger partial charge in [0.1, 0.15) is 16.8 Å². The summed E-state index contributed by atoms with van der Waals surface area (Å²) in [6, 6.07) is 5.30. The Morgan fingerprint density at radius 3 is 2.56 bits per heavy atom. The molecule has 1 aromatic carbocycles. The summed E-state index contributed by atoms with van der Waals surface area (Å²) in [7, 11) is 0.